The maximum Gasteiger partial charge on any atom is 0.129 e. The Morgan fingerprint density at radius 3 is 2.55 bits per heavy atom. The third-order valence-corrected chi connectivity index (χ3v) is 6.73. The first kappa shape index (κ1) is 23.3. The lowest BCUT2D eigenvalue weighted by atomic mass is 9.96. The van der Waals surface area contributed by atoms with Crippen molar-refractivity contribution in [2.24, 2.45) is 0 Å². The summed E-state index contributed by atoms with van der Waals surface area (Å²) in [4.78, 5) is 11.1. The number of hydrogen-bond donors (Lipinski definition) is 1. The number of nitrogens with one attached hydrogen (secondary N) is 1. The molecule has 3 aromatic carbocycles. The van der Waals surface area contributed by atoms with Gasteiger partial charge < -0.3 is 14.8 Å². The number of ether oxygens (including phenoxy) is 1. The molecule has 0 aromatic heterocycles. The Kier molecular flexibility index (Phi) is 7.61. The summed E-state index contributed by atoms with van der Waals surface area (Å²) < 4.78 is 6.50. The van der Waals surface area contributed by atoms with Crippen molar-refractivity contribution in [1.82, 2.24) is 5.32 Å². The summed E-state index contributed by atoms with van der Waals surface area (Å²) in [5.74, 6) is 1.34. The summed E-state index contributed by atoms with van der Waals surface area (Å²) in [6.45, 7) is 8.35. The van der Waals surface area contributed by atoms with Gasteiger partial charge in [0.1, 0.15) is 18.1 Å². The molecule has 1 aliphatic carbocycles. The Labute approximate surface area is 198 Å². The SMILES string of the molecule is CC(=O)CCCNCc1cc(C)c(OCc2cccc(-c3ccccc3)c2C)c2c1CCC2. The smallest absolute Gasteiger partial charge is 0.129 e. The first-order chi connectivity index (χ1) is 16.0. The van der Waals surface area contributed by atoms with Gasteiger partial charge in [0.2, 0.25) is 0 Å². The second-order valence-electron chi connectivity index (χ2n) is 9.22. The van der Waals surface area contributed by atoms with Gasteiger partial charge in [-0.2, -0.15) is 0 Å². The van der Waals surface area contributed by atoms with Gasteiger partial charge in [-0.1, -0.05) is 54.6 Å². The van der Waals surface area contributed by atoms with Gasteiger partial charge in [0.15, 0.2) is 0 Å². The molecular weight excluding hydrogens is 406 g/mol. The van der Waals surface area contributed by atoms with Crippen molar-refractivity contribution >= 4 is 5.78 Å². The van der Waals surface area contributed by atoms with Gasteiger partial charge in [-0.3, -0.25) is 0 Å². The molecule has 3 aromatic rings. The monoisotopic (exact) mass is 441 g/mol. The Hall–Kier alpha value is -2.91. The zero-order valence-electron chi connectivity index (χ0n) is 20.2. The van der Waals surface area contributed by atoms with Gasteiger partial charge in [0.05, 0.1) is 0 Å². The van der Waals surface area contributed by atoms with Crippen molar-refractivity contribution in [3.05, 3.63) is 88.0 Å². The number of rotatable bonds is 10. The molecule has 0 saturated carbocycles. The largest absolute Gasteiger partial charge is 0.488 e. The van der Waals surface area contributed by atoms with E-state index < -0.39 is 0 Å². The van der Waals surface area contributed by atoms with E-state index >= 15 is 0 Å². The van der Waals surface area contributed by atoms with Crippen LogP contribution in [0.15, 0.2) is 54.6 Å². The van der Waals surface area contributed by atoms with E-state index in [-0.39, 0.29) is 5.78 Å². The Balaban J connectivity index is 1.48. The molecule has 0 bridgehead atoms. The number of ketones is 1. The topological polar surface area (TPSA) is 38.3 Å². The average molecular weight is 442 g/mol. The van der Waals surface area contributed by atoms with Crippen LogP contribution >= 0.6 is 0 Å². The van der Waals surface area contributed by atoms with Crippen LogP contribution in [0.5, 0.6) is 5.75 Å². The minimum atomic E-state index is 0.263. The molecule has 4 rings (SSSR count). The molecule has 1 aliphatic rings. The lowest BCUT2D eigenvalue weighted by Gasteiger charge is -2.19. The third kappa shape index (κ3) is 5.54. The van der Waals surface area contributed by atoms with Crippen molar-refractivity contribution < 1.29 is 9.53 Å². The number of hydrogen-bond acceptors (Lipinski definition) is 3. The standard InChI is InChI=1S/C30H35NO2/c1-21-18-26(19-31-17-9-10-22(2)32)28-15-8-16-29(28)30(21)33-20-25-13-7-14-27(23(25)3)24-11-5-4-6-12-24/h4-7,11-14,18,31H,8-10,15-17,19-20H2,1-3H3. The van der Waals surface area contributed by atoms with E-state index in [0.717, 1.165) is 38.1 Å². The van der Waals surface area contributed by atoms with Crippen molar-refractivity contribution in [2.75, 3.05) is 6.54 Å². The van der Waals surface area contributed by atoms with Gasteiger partial charge in [0.25, 0.3) is 0 Å². The highest BCUT2D eigenvalue weighted by molar-refractivity contribution is 5.75. The Bertz CT molecular complexity index is 1120. The van der Waals surface area contributed by atoms with Crippen LogP contribution < -0.4 is 10.1 Å². The van der Waals surface area contributed by atoms with Gasteiger partial charge in [-0.25, -0.2) is 0 Å². The van der Waals surface area contributed by atoms with Gasteiger partial charge in [-0.15, -0.1) is 0 Å². The van der Waals surface area contributed by atoms with E-state index in [1.54, 1.807) is 6.92 Å². The molecule has 0 radical (unpaired) electrons. The summed E-state index contributed by atoms with van der Waals surface area (Å²) in [5.41, 5.74) is 10.5. The number of aryl methyl sites for hydroxylation is 1. The molecule has 0 spiro atoms. The molecule has 3 heteroatoms. The van der Waals surface area contributed by atoms with Crippen LogP contribution in [0.1, 0.15) is 59.6 Å². The first-order valence-corrected chi connectivity index (χ1v) is 12.2. The number of Topliss-reactive ketones (excluding diaryl/α,β-unsaturated/α-hetero) is 1. The summed E-state index contributed by atoms with van der Waals surface area (Å²) in [6.07, 6.45) is 4.96. The summed E-state index contributed by atoms with van der Waals surface area (Å²) in [5, 5.41) is 3.53. The quantitative estimate of drug-likeness (QED) is 0.365. The van der Waals surface area contributed by atoms with Crippen LogP contribution in [0.25, 0.3) is 11.1 Å². The van der Waals surface area contributed by atoms with E-state index in [4.69, 9.17) is 4.74 Å². The molecule has 0 aliphatic heterocycles. The third-order valence-electron chi connectivity index (χ3n) is 6.73. The van der Waals surface area contributed by atoms with Gasteiger partial charge >= 0.3 is 0 Å². The molecule has 172 valence electrons. The summed E-state index contributed by atoms with van der Waals surface area (Å²) >= 11 is 0. The first-order valence-electron chi connectivity index (χ1n) is 12.2. The van der Waals surface area contributed by atoms with Crippen LogP contribution in [0.2, 0.25) is 0 Å². The van der Waals surface area contributed by atoms with Crippen LogP contribution in [-0.2, 0) is 30.8 Å². The number of benzene rings is 3. The van der Waals surface area contributed by atoms with Crippen LogP contribution in [0.3, 0.4) is 0 Å². The predicted molar refractivity (Wildman–Crippen MR) is 136 cm³/mol. The zero-order valence-corrected chi connectivity index (χ0v) is 20.2. The normalized spacial score (nSPS) is 12.6. The minimum absolute atomic E-state index is 0.263. The zero-order chi connectivity index (χ0) is 23.2. The predicted octanol–water partition coefficient (Wildman–Crippen LogP) is 6.50. The number of fused-ring (bicyclic) bond motifs is 1. The minimum Gasteiger partial charge on any atom is -0.488 e. The van der Waals surface area contributed by atoms with Crippen molar-refractivity contribution in [3.63, 3.8) is 0 Å². The van der Waals surface area contributed by atoms with Crippen molar-refractivity contribution in [1.29, 1.82) is 0 Å². The van der Waals surface area contributed by atoms with Crippen LogP contribution in [0, 0.1) is 13.8 Å². The molecule has 0 unspecified atom stereocenters. The average Bonchev–Trinajstić information content (AvgIpc) is 3.30. The van der Waals surface area contributed by atoms with Crippen molar-refractivity contribution in [2.45, 2.75) is 66.0 Å². The van der Waals surface area contributed by atoms with E-state index in [1.807, 2.05) is 0 Å². The fourth-order valence-corrected chi connectivity index (χ4v) is 4.96. The van der Waals surface area contributed by atoms with E-state index in [2.05, 4.69) is 73.8 Å². The molecule has 33 heavy (non-hydrogen) atoms. The highest BCUT2D eigenvalue weighted by Crippen LogP contribution is 2.37. The van der Waals surface area contributed by atoms with Gasteiger partial charge in [0, 0.05) is 13.0 Å². The highest BCUT2D eigenvalue weighted by Gasteiger charge is 2.22. The second-order valence-corrected chi connectivity index (χ2v) is 9.22. The van der Waals surface area contributed by atoms with E-state index in [0.29, 0.717) is 13.0 Å². The summed E-state index contributed by atoms with van der Waals surface area (Å²) in [7, 11) is 0. The fourth-order valence-electron chi connectivity index (χ4n) is 4.96. The maximum absolute atomic E-state index is 11.1. The molecule has 0 fully saturated rings. The maximum atomic E-state index is 11.1. The molecular formula is C30H35NO2. The molecule has 0 saturated heterocycles. The summed E-state index contributed by atoms with van der Waals surface area (Å²) in [6, 6.07) is 19.4. The molecule has 0 amide bonds. The lowest BCUT2D eigenvalue weighted by Crippen LogP contribution is -2.17. The lowest BCUT2D eigenvalue weighted by molar-refractivity contribution is -0.117. The highest BCUT2D eigenvalue weighted by atomic mass is 16.5. The number of carbonyl (C=O) groups is 1. The van der Waals surface area contributed by atoms with E-state index in [9.17, 15) is 4.79 Å². The molecule has 1 N–H and O–H groups in total. The number of carbonyl (C=O) groups excluding carboxylic acids is 1. The van der Waals surface area contributed by atoms with Crippen LogP contribution in [0.4, 0.5) is 0 Å². The fraction of sp³-hybridized carbons (Fsp3) is 0.367. The van der Waals surface area contributed by atoms with Gasteiger partial charge in [-0.05, 0) is 97.5 Å². The Morgan fingerprint density at radius 1 is 0.970 bits per heavy atom. The van der Waals surface area contributed by atoms with E-state index in [1.165, 1.54) is 50.9 Å². The molecule has 0 atom stereocenters. The molecule has 0 heterocycles. The van der Waals surface area contributed by atoms with Crippen molar-refractivity contribution in [3.8, 4) is 16.9 Å². The Morgan fingerprint density at radius 2 is 1.76 bits per heavy atom. The molecule has 3 nitrogen and oxygen atoms in total. The van der Waals surface area contributed by atoms with Crippen LogP contribution in [-0.4, -0.2) is 12.3 Å². The second kappa shape index (κ2) is 10.8.